The first-order valence-electron chi connectivity index (χ1n) is 11.1. The van der Waals surface area contributed by atoms with Gasteiger partial charge in [-0.3, -0.25) is 24.2 Å². The van der Waals surface area contributed by atoms with Crippen LogP contribution in [0.4, 0.5) is 0 Å². The molecule has 0 spiro atoms. The number of benzene rings is 1. The van der Waals surface area contributed by atoms with Crippen LogP contribution in [0.2, 0.25) is 0 Å². The molecule has 172 valence electrons. The van der Waals surface area contributed by atoms with Crippen molar-refractivity contribution in [2.24, 2.45) is 5.73 Å². The highest BCUT2D eigenvalue weighted by Crippen LogP contribution is 2.29. The van der Waals surface area contributed by atoms with Gasteiger partial charge < -0.3 is 10.5 Å². The molecule has 0 atom stereocenters. The summed E-state index contributed by atoms with van der Waals surface area (Å²) in [5.41, 5.74) is 9.14. The second kappa shape index (κ2) is 8.75. The Kier molecular flexibility index (Phi) is 5.65. The molecular weight excluding hydrogens is 422 g/mol. The van der Waals surface area contributed by atoms with Gasteiger partial charge in [0.05, 0.1) is 31.0 Å². The predicted molar refractivity (Wildman–Crippen MR) is 123 cm³/mol. The summed E-state index contributed by atoms with van der Waals surface area (Å²) in [6.07, 6.45) is 1.98. The molecule has 1 saturated heterocycles. The van der Waals surface area contributed by atoms with Crippen LogP contribution in [0.1, 0.15) is 23.0 Å². The van der Waals surface area contributed by atoms with Crippen molar-refractivity contribution in [1.82, 2.24) is 39.6 Å². The number of amides is 1. The number of nitrogens with zero attached hydrogens (tertiary/aromatic N) is 7. The highest BCUT2D eigenvalue weighted by Gasteiger charge is 2.18. The number of ether oxygens (including phenoxy) is 1. The zero-order valence-electron chi connectivity index (χ0n) is 18.8. The zero-order valence-corrected chi connectivity index (χ0v) is 18.8. The van der Waals surface area contributed by atoms with E-state index in [0.717, 1.165) is 61.7 Å². The molecule has 0 unspecified atom stereocenters. The van der Waals surface area contributed by atoms with Crippen LogP contribution in [0.25, 0.3) is 33.8 Å². The Morgan fingerprint density at radius 2 is 2.00 bits per heavy atom. The molecule has 1 aliphatic rings. The first-order chi connectivity index (χ1) is 16.0. The summed E-state index contributed by atoms with van der Waals surface area (Å²) < 4.78 is 9.19. The number of carbonyl (C=O) groups excluding carboxylic acids is 1. The van der Waals surface area contributed by atoms with E-state index < -0.39 is 5.91 Å². The van der Waals surface area contributed by atoms with Crippen molar-refractivity contribution in [2.45, 2.75) is 26.9 Å². The number of aromatic nitrogens is 7. The number of H-pyrrole nitrogens is 1. The quantitative estimate of drug-likeness (QED) is 0.436. The fourth-order valence-corrected chi connectivity index (χ4v) is 4.16. The van der Waals surface area contributed by atoms with Crippen LogP contribution in [-0.2, 0) is 17.8 Å². The van der Waals surface area contributed by atoms with Crippen LogP contribution >= 0.6 is 0 Å². The van der Waals surface area contributed by atoms with E-state index in [1.165, 1.54) is 0 Å². The number of aromatic amines is 1. The first kappa shape index (κ1) is 21.3. The maximum Gasteiger partial charge on any atom is 0.248 e. The van der Waals surface area contributed by atoms with Gasteiger partial charge >= 0.3 is 0 Å². The molecule has 1 aliphatic heterocycles. The number of morpholine rings is 1. The molecule has 0 radical (unpaired) electrons. The van der Waals surface area contributed by atoms with Gasteiger partial charge in [0.1, 0.15) is 5.69 Å². The maximum absolute atomic E-state index is 12.0. The van der Waals surface area contributed by atoms with Crippen molar-refractivity contribution >= 4 is 16.8 Å². The van der Waals surface area contributed by atoms with Gasteiger partial charge in [-0.15, -0.1) is 0 Å². The number of aryl methyl sites for hydroxylation is 2. The fourth-order valence-electron chi connectivity index (χ4n) is 4.16. The van der Waals surface area contributed by atoms with Crippen LogP contribution in [0, 0.1) is 6.92 Å². The topological polar surface area (TPSA) is 133 Å². The Balaban J connectivity index is 1.50. The minimum atomic E-state index is -0.513. The fraction of sp³-hybridized carbons (Fsp3) is 0.409. The number of nitrogens with one attached hydrogen (secondary N) is 1. The van der Waals surface area contributed by atoms with Crippen molar-refractivity contribution in [3.05, 3.63) is 35.7 Å². The van der Waals surface area contributed by atoms with E-state index in [1.54, 1.807) is 12.1 Å². The maximum atomic E-state index is 12.0. The van der Waals surface area contributed by atoms with Gasteiger partial charge in [-0.05, 0) is 32.0 Å². The van der Waals surface area contributed by atoms with E-state index in [-0.39, 0.29) is 0 Å². The van der Waals surface area contributed by atoms with Gasteiger partial charge in [0.25, 0.3) is 0 Å². The second-order valence-corrected chi connectivity index (χ2v) is 8.16. The second-order valence-electron chi connectivity index (χ2n) is 8.16. The largest absolute Gasteiger partial charge is 0.379 e. The molecule has 1 aromatic carbocycles. The lowest BCUT2D eigenvalue weighted by atomic mass is 10.1. The average molecular weight is 450 g/mol. The number of carbonyl (C=O) groups is 1. The lowest BCUT2D eigenvalue weighted by molar-refractivity contribution is 0.0360. The molecule has 33 heavy (non-hydrogen) atoms. The Morgan fingerprint density at radius 1 is 1.18 bits per heavy atom. The van der Waals surface area contributed by atoms with Gasteiger partial charge in [-0.25, -0.2) is 4.98 Å². The molecule has 3 aromatic heterocycles. The molecular formula is C22H27N9O2. The molecule has 11 heteroatoms. The Labute approximate surface area is 190 Å². The van der Waals surface area contributed by atoms with E-state index in [9.17, 15) is 4.79 Å². The average Bonchev–Trinajstić information content (AvgIpc) is 3.55. The van der Waals surface area contributed by atoms with Gasteiger partial charge in [0, 0.05) is 48.9 Å². The number of hydrogen-bond donors (Lipinski definition) is 2. The van der Waals surface area contributed by atoms with Crippen molar-refractivity contribution in [3.63, 3.8) is 0 Å². The van der Waals surface area contributed by atoms with E-state index in [2.05, 4.69) is 20.2 Å². The normalized spacial score (nSPS) is 14.8. The van der Waals surface area contributed by atoms with Crippen molar-refractivity contribution < 1.29 is 9.53 Å². The zero-order chi connectivity index (χ0) is 22.9. The summed E-state index contributed by atoms with van der Waals surface area (Å²) in [5, 5.41) is 17.5. The van der Waals surface area contributed by atoms with E-state index in [4.69, 9.17) is 20.6 Å². The monoisotopic (exact) mass is 449 g/mol. The number of rotatable bonds is 7. The SMILES string of the molecule is CCn1nc(C)cc1-c1n[nH]c(-c2cc(C(N)=O)cc3nn(CCN4CCOCC4)cc23)n1. The van der Waals surface area contributed by atoms with E-state index in [0.29, 0.717) is 29.3 Å². The highest BCUT2D eigenvalue weighted by atomic mass is 16.5. The molecule has 11 nitrogen and oxygen atoms in total. The summed E-state index contributed by atoms with van der Waals surface area (Å²) in [7, 11) is 0. The lowest BCUT2D eigenvalue weighted by Crippen LogP contribution is -2.38. The van der Waals surface area contributed by atoms with Gasteiger partial charge in [-0.2, -0.15) is 15.3 Å². The van der Waals surface area contributed by atoms with Crippen LogP contribution in [0.15, 0.2) is 24.4 Å². The molecule has 1 amide bonds. The molecule has 3 N–H and O–H groups in total. The summed E-state index contributed by atoms with van der Waals surface area (Å²) in [6, 6.07) is 5.42. The molecule has 0 saturated carbocycles. The summed E-state index contributed by atoms with van der Waals surface area (Å²) in [6.45, 7) is 9.65. The molecule has 0 bridgehead atoms. The van der Waals surface area contributed by atoms with Crippen molar-refractivity contribution in [2.75, 3.05) is 32.8 Å². The molecule has 5 rings (SSSR count). The van der Waals surface area contributed by atoms with E-state index >= 15 is 0 Å². The third kappa shape index (κ3) is 4.24. The summed E-state index contributed by atoms with van der Waals surface area (Å²) >= 11 is 0. The minimum absolute atomic E-state index is 0.378. The van der Waals surface area contributed by atoms with Crippen molar-refractivity contribution in [1.29, 1.82) is 0 Å². The molecule has 1 fully saturated rings. The standard InChI is InChI=1S/C22H27N9O2/c1-3-31-19(10-14(2)27-31)22-24-21(25-26-22)16-11-15(20(23)32)12-18-17(16)13-30(28-18)5-4-29-6-8-33-9-7-29/h10-13H,3-9H2,1-2H3,(H2,23,32)(H,24,25,26). The van der Waals surface area contributed by atoms with Crippen LogP contribution in [0.3, 0.4) is 0 Å². The number of hydrogen-bond acceptors (Lipinski definition) is 7. The van der Waals surface area contributed by atoms with Crippen molar-refractivity contribution in [3.8, 4) is 22.9 Å². The molecule has 0 aliphatic carbocycles. The number of fused-ring (bicyclic) bond motifs is 1. The third-order valence-electron chi connectivity index (χ3n) is 5.88. The Hall–Kier alpha value is -3.57. The third-order valence-corrected chi connectivity index (χ3v) is 5.88. The summed E-state index contributed by atoms with van der Waals surface area (Å²) in [5.74, 6) is 0.581. The lowest BCUT2D eigenvalue weighted by Gasteiger charge is -2.26. The predicted octanol–water partition coefficient (Wildman–Crippen LogP) is 1.44. The van der Waals surface area contributed by atoms with Gasteiger partial charge in [0.2, 0.25) is 5.91 Å². The van der Waals surface area contributed by atoms with Crippen LogP contribution in [0.5, 0.6) is 0 Å². The summed E-state index contributed by atoms with van der Waals surface area (Å²) in [4.78, 5) is 19.1. The molecule has 4 heterocycles. The molecule has 4 aromatic rings. The van der Waals surface area contributed by atoms with Crippen LogP contribution in [-0.4, -0.2) is 78.4 Å². The number of nitrogens with two attached hydrogens (primary N) is 1. The van der Waals surface area contributed by atoms with Gasteiger partial charge in [0.15, 0.2) is 11.6 Å². The van der Waals surface area contributed by atoms with E-state index in [1.807, 2.05) is 35.5 Å². The minimum Gasteiger partial charge on any atom is -0.379 e. The Morgan fingerprint density at radius 3 is 2.76 bits per heavy atom. The smallest absolute Gasteiger partial charge is 0.248 e. The van der Waals surface area contributed by atoms with Gasteiger partial charge in [-0.1, -0.05) is 0 Å². The number of primary amides is 1. The first-order valence-corrected chi connectivity index (χ1v) is 11.1. The van der Waals surface area contributed by atoms with Crippen LogP contribution < -0.4 is 5.73 Å². The highest BCUT2D eigenvalue weighted by molar-refractivity contribution is 6.02. The Bertz CT molecular complexity index is 1300.